The molecule has 0 unspecified atom stereocenters. The molecule has 0 saturated heterocycles. The lowest BCUT2D eigenvalue weighted by Crippen LogP contribution is -2.11. The Hall–Kier alpha value is -1.11. The zero-order chi connectivity index (χ0) is 12.3. The highest BCUT2D eigenvalue weighted by Crippen LogP contribution is 2.29. The van der Waals surface area contributed by atoms with Gasteiger partial charge in [0.05, 0.1) is 12.2 Å². The predicted molar refractivity (Wildman–Crippen MR) is 52.9 cm³/mol. The number of esters is 1. The lowest BCUT2D eigenvalue weighted by atomic mass is 10.2. The molecule has 1 rings (SSSR count). The van der Waals surface area contributed by atoms with Crippen molar-refractivity contribution >= 4 is 21.9 Å². The second kappa shape index (κ2) is 4.82. The van der Waals surface area contributed by atoms with Gasteiger partial charge in [0, 0.05) is 0 Å². The van der Waals surface area contributed by atoms with Crippen molar-refractivity contribution in [1.82, 2.24) is 4.98 Å². The summed E-state index contributed by atoms with van der Waals surface area (Å²) >= 11 is 2.80. The molecule has 0 aliphatic carbocycles. The molecule has 16 heavy (non-hydrogen) atoms. The highest BCUT2D eigenvalue weighted by Gasteiger charge is 2.33. The molecule has 0 fully saturated rings. The number of hydrogen-bond donors (Lipinski definition) is 0. The molecule has 0 aliphatic heterocycles. The van der Waals surface area contributed by atoms with Crippen molar-refractivity contribution in [2.45, 2.75) is 13.1 Å². The number of aromatic nitrogens is 1. The highest BCUT2D eigenvalue weighted by atomic mass is 79.9. The third kappa shape index (κ3) is 2.94. The lowest BCUT2D eigenvalue weighted by molar-refractivity contribution is -0.141. The standard InChI is InChI=1S/C9H7BrF3NO2/c1-2-16-8(15)5-3-4-6(9(11,12)13)14-7(5)10/h3-4H,2H2,1H3. The van der Waals surface area contributed by atoms with E-state index in [1.165, 1.54) is 0 Å². The first kappa shape index (κ1) is 13.0. The van der Waals surface area contributed by atoms with Crippen LogP contribution >= 0.6 is 15.9 Å². The van der Waals surface area contributed by atoms with Gasteiger partial charge in [-0.15, -0.1) is 0 Å². The van der Waals surface area contributed by atoms with Gasteiger partial charge in [0.1, 0.15) is 10.3 Å². The predicted octanol–water partition coefficient (Wildman–Crippen LogP) is 3.04. The van der Waals surface area contributed by atoms with E-state index >= 15 is 0 Å². The molecule has 7 heteroatoms. The van der Waals surface area contributed by atoms with Gasteiger partial charge in [0.2, 0.25) is 0 Å². The first-order valence-corrected chi connectivity index (χ1v) is 5.06. The van der Waals surface area contributed by atoms with E-state index in [0.29, 0.717) is 0 Å². The molecule has 0 atom stereocenters. The van der Waals surface area contributed by atoms with Gasteiger partial charge in [0.15, 0.2) is 0 Å². The lowest BCUT2D eigenvalue weighted by Gasteiger charge is -2.08. The number of alkyl halides is 3. The van der Waals surface area contributed by atoms with Crippen LogP contribution in [0.3, 0.4) is 0 Å². The second-order valence-corrected chi connectivity index (χ2v) is 3.50. The van der Waals surface area contributed by atoms with Crippen LogP contribution in [0.4, 0.5) is 13.2 Å². The average Bonchev–Trinajstić information content (AvgIpc) is 2.16. The number of hydrogen-bond acceptors (Lipinski definition) is 3. The molecular formula is C9H7BrF3NO2. The van der Waals surface area contributed by atoms with E-state index in [9.17, 15) is 18.0 Å². The molecule has 0 saturated carbocycles. The molecule has 0 amide bonds. The topological polar surface area (TPSA) is 39.2 Å². The smallest absolute Gasteiger partial charge is 0.433 e. The zero-order valence-electron chi connectivity index (χ0n) is 8.14. The number of ether oxygens (including phenoxy) is 1. The number of halogens is 4. The van der Waals surface area contributed by atoms with Crippen molar-refractivity contribution in [2.75, 3.05) is 6.61 Å². The van der Waals surface area contributed by atoms with E-state index in [-0.39, 0.29) is 16.8 Å². The molecule has 1 aromatic rings. The maximum absolute atomic E-state index is 12.2. The minimum Gasteiger partial charge on any atom is -0.462 e. The zero-order valence-corrected chi connectivity index (χ0v) is 9.72. The summed E-state index contributed by atoms with van der Waals surface area (Å²) in [6.07, 6.45) is -4.53. The first-order valence-electron chi connectivity index (χ1n) is 4.27. The monoisotopic (exact) mass is 297 g/mol. The summed E-state index contributed by atoms with van der Waals surface area (Å²) in [5, 5.41) is 0. The molecule has 1 heterocycles. The van der Waals surface area contributed by atoms with Crippen LogP contribution in [0.1, 0.15) is 23.0 Å². The molecule has 0 radical (unpaired) electrons. The van der Waals surface area contributed by atoms with E-state index in [2.05, 4.69) is 25.7 Å². The summed E-state index contributed by atoms with van der Waals surface area (Å²) in [6, 6.07) is 1.76. The second-order valence-electron chi connectivity index (χ2n) is 2.75. The minimum atomic E-state index is -4.53. The van der Waals surface area contributed by atoms with Crippen LogP contribution in [0.25, 0.3) is 0 Å². The van der Waals surface area contributed by atoms with E-state index in [4.69, 9.17) is 0 Å². The number of rotatable bonds is 2. The third-order valence-corrected chi connectivity index (χ3v) is 2.24. The Morgan fingerprint density at radius 1 is 1.50 bits per heavy atom. The quantitative estimate of drug-likeness (QED) is 0.622. The fourth-order valence-corrected chi connectivity index (χ4v) is 1.44. The minimum absolute atomic E-state index is 0.0325. The van der Waals surface area contributed by atoms with Crippen molar-refractivity contribution in [3.05, 3.63) is 28.0 Å². The summed E-state index contributed by atoms with van der Waals surface area (Å²) in [5.41, 5.74) is -1.10. The van der Waals surface area contributed by atoms with Crippen LogP contribution in [0, 0.1) is 0 Å². The largest absolute Gasteiger partial charge is 0.462 e. The molecule has 1 aromatic heterocycles. The Labute approximate surface area is 97.8 Å². The molecule has 88 valence electrons. The van der Waals surface area contributed by atoms with Crippen molar-refractivity contribution in [2.24, 2.45) is 0 Å². The molecular weight excluding hydrogens is 291 g/mol. The summed E-state index contributed by atoms with van der Waals surface area (Å²) in [6.45, 7) is 1.75. The summed E-state index contributed by atoms with van der Waals surface area (Å²) in [4.78, 5) is 14.5. The van der Waals surface area contributed by atoms with Crippen LogP contribution in [0.5, 0.6) is 0 Å². The van der Waals surface area contributed by atoms with E-state index in [1.807, 2.05) is 0 Å². The molecule has 0 N–H and O–H groups in total. The number of carbonyl (C=O) groups excluding carboxylic acids is 1. The van der Waals surface area contributed by atoms with E-state index in [0.717, 1.165) is 12.1 Å². The fourth-order valence-electron chi connectivity index (χ4n) is 0.953. The Kier molecular flexibility index (Phi) is 3.90. The van der Waals surface area contributed by atoms with Gasteiger partial charge in [-0.05, 0) is 35.0 Å². The Balaban J connectivity index is 3.05. The molecule has 0 spiro atoms. The summed E-state index contributed by atoms with van der Waals surface area (Å²) in [5.74, 6) is -0.712. The van der Waals surface area contributed by atoms with Gasteiger partial charge in [-0.2, -0.15) is 13.2 Å². The number of nitrogens with zero attached hydrogens (tertiary/aromatic N) is 1. The van der Waals surface area contributed by atoms with Crippen molar-refractivity contribution in [3.63, 3.8) is 0 Å². The summed E-state index contributed by atoms with van der Waals surface area (Å²) < 4.78 is 41.2. The average molecular weight is 298 g/mol. The Morgan fingerprint density at radius 3 is 2.56 bits per heavy atom. The molecule has 0 aliphatic rings. The molecule has 0 aromatic carbocycles. The van der Waals surface area contributed by atoms with Crippen LogP contribution < -0.4 is 0 Å². The van der Waals surface area contributed by atoms with Crippen molar-refractivity contribution < 1.29 is 22.7 Å². The maximum atomic E-state index is 12.2. The first-order chi connectivity index (χ1) is 7.36. The van der Waals surface area contributed by atoms with Crippen LogP contribution in [0.2, 0.25) is 0 Å². The number of pyridine rings is 1. The van der Waals surface area contributed by atoms with Gasteiger partial charge in [-0.25, -0.2) is 9.78 Å². The van der Waals surface area contributed by atoms with Gasteiger partial charge < -0.3 is 4.74 Å². The third-order valence-electron chi connectivity index (χ3n) is 1.63. The highest BCUT2D eigenvalue weighted by molar-refractivity contribution is 9.10. The SMILES string of the molecule is CCOC(=O)c1ccc(C(F)(F)F)nc1Br. The number of carbonyl (C=O) groups is 1. The fraction of sp³-hybridized carbons (Fsp3) is 0.333. The van der Waals surface area contributed by atoms with Crippen LogP contribution in [0.15, 0.2) is 16.7 Å². The van der Waals surface area contributed by atoms with E-state index in [1.54, 1.807) is 6.92 Å². The normalized spacial score (nSPS) is 11.3. The van der Waals surface area contributed by atoms with Crippen molar-refractivity contribution in [1.29, 1.82) is 0 Å². The van der Waals surface area contributed by atoms with Gasteiger partial charge in [-0.1, -0.05) is 0 Å². The van der Waals surface area contributed by atoms with Gasteiger partial charge in [-0.3, -0.25) is 0 Å². The molecule has 3 nitrogen and oxygen atoms in total. The Morgan fingerprint density at radius 2 is 2.12 bits per heavy atom. The van der Waals surface area contributed by atoms with E-state index < -0.39 is 17.8 Å². The van der Waals surface area contributed by atoms with Crippen LogP contribution in [-0.2, 0) is 10.9 Å². The maximum Gasteiger partial charge on any atom is 0.433 e. The van der Waals surface area contributed by atoms with Gasteiger partial charge in [0.25, 0.3) is 0 Å². The van der Waals surface area contributed by atoms with Gasteiger partial charge >= 0.3 is 12.1 Å². The van der Waals surface area contributed by atoms with Crippen LogP contribution in [-0.4, -0.2) is 17.6 Å². The molecule has 0 bridgehead atoms. The Bertz CT molecular complexity index is 406. The summed E-state index contributed by atoms with van der Waals surface area (Å²) in [7, 11) is 0. The van der Waals surface area contributed by atoms with Crippen molar-refractivity contribution in [3.8, 4) is 0 Å².